The Balaban J connectivity index is 2.43. The van der Waals surface area contributed by atoms with Gasteiger partial charge in [-0.15, -0.1) is 0 Å². The Bertz CT molecular complexity index is 553. The predicted octanol–water partition coefficient (Wildman–Crippen LogP) is 5.36. The van der Waals surface area contributed by atoms with Crippen molar-refractivity contribution in [1.82, 2.24) is 0 Å². The standard InChI is InChI=1S/C19H27N/c1-4-8-15(9-5-2)19(20)18-13-12-14(3)16-10-6-7-11-17(16)18/h6-7,10-13,15,19H,4-5,8-9,20H2,1-3H3. The smallest absolute Gasteiger partial charge is 0.0329 e. The van der Waals surface area contributed by atoms with Gasteiger partial charge in [0, 0.05) is 6.04 Å². The first-order valence-corrected chi connectivity index (χ1v) is 7.92. The van der Waals surface area contributed by atoms with Gasteiger partial charge in [0.05, 0.1) is 0 Å². The van der Waals surface area contributed by atoms with Crippen LogP contribution in [0, 0.1) is 12.8 Å². The number of nitrogens with two attached hydrogens (primary N) is 1. The molecular formula is C19H27N. The van der Waals surface area contributed by atoms with Crippen LogP contribution in [0.25, 0.3) is 10.8 Å². The summed E-state index contributed by atoms with van der Waals surface area (Å²) in [5.41, 5.74) is 9.28. The molecule has 2 N–H and O–H groups in total. The minimum absolute atomic E-state index is 0.153. The van der Waals surface area contributed by atoms with E-state index in [1.165, 1.54) is 47.6 Å². The van der Waals surface area contributed by atoms with Crippen LogP contribution in [0.15, 0.2) is 36.4 Å². The molecule has 0 amide bonds. The van der Waals surface area contributed by atoms with Gasteiger partial charge >= 0.3 is 0 Å². The Morgan fingerprint density at radius 1 is 0.900 bits per heavy atom. The molecule has 0 aliphatic rings. The average Bonchev–Trinajstić information content (AvgIpc) is 2.47. The summed E-state index contributed by atoms with van der Waals surface area (Å²) in [5.74, 6) is 0.594. The highest BCUT2D eigenvalue weighted by molar-refractivity contribution is 5.88. The molecule has 20 heavy (non-hydrogen) atoms. The Kier molecular flexibility index (Phi) is 5.19. The Morgan fingerprint density at radius 3 is 2.10 bits per heavy atom. The molecule has 1 heteroatoms. The lowest BCUT2D eigenvalue weighted by atomic mass is 9.84. The zero-order valence-electron chi connectivity index (χ0n) is 13.0. The van der Waals surface area contributed by atoms with Crippen LogP contribution in [-0.4, -0.2) is 0 Å². The van der Waals surface area contributed by atoms with Crippen molar-refractivity contribution in [3.8, 4) is 0 Å². The van der Waals surface area contributed by atoms with Gasteiger partial charge in [0.15, 0.2) is 0 Å². The van der Waals surface area contributed by atoms with Crippen LogP contribution >= 0.6 is 0 Å². The fourth-order valence-corrected chi connectivity index (χ4v) is 3.26. The maximum absolute atomic E-state index is 6.63. The molecule has 0 heterocycles. The summed E-state index contributed by atoms with van der Waals surface area (Å²) in [5, 5.41) is 2.67. The lowest BCUT2D eigenvalue weighted by Crippen LogP contribution is -2.21. The first kappa shape index (κ1) is 15.1. The largest absolute Gasteiger partial charge is 0.324 e. The second-order valence-electron chi connectivity index (χ2n) is 5.88. The number of hydrogen-bond acceptors (Lipinski definition) is 1. The fraction of sp³-hybridized carbons (Fsp3) is 0.474. The highest BCUT2D eigenvalue weighted by Gasteiger charge is 2.20. The minimum atomic E-state index is 0.153. The molecule has 0 saturated carbocycles. The highest BCUT2D eigenvalue weighted by atomic mass is 14.7. The minimum Gasteiger partial charge on any atom is -0.324 e. The van der Waals surface area contributed by atoms with Gasteiger partial charge < -0.3 is 5.73 Å². The van der Waals surface area contributed by atoms with E-state index in [0.29, 0.717) is 5.92 Å². The quantitative estimate of drug-likeness (QED) is 0.750. The molecule has 1 unspecified atom stereocenters. The van der Waals surface area contributed by atoms with E-state index in [9.17, 15) is 0 Å². The normalized spacial score (nSPS) is 13.1. The van der Waals surface area contributed by atoms with Crippen LogP contribution in [0.5, 0.6) is 0 Å². The van der Waals surface area contributed by atoms with E-state index in [2.05, 4.69) is 57.2 Å². The third-order valence-corrected chi connectivity index (χ3v) is 4.36. The molecule has 1 nitrogen and oxygen atoms in total. The average molecular weight is 269 g/mol. The van der Waals surface area contributed by atoms with Crippen molar-refractivity contribution >= 4 is 10.8 Å². The van der Waals surface area contributed by atoms with Crippen molar-refractivity contribution in [1.29, 1.82) is 0 Å². The van der Waals surface area contributed by atoms with E-state index in [-0.39, 0.29) is 6.04 Å². The van der Waals surface area contributed by atoms with Gasteiger partial charge in [0.25, 0.3) is 0 Å². The zero-order chi connectivity index (χ0) is 14.5. The maximum atomic E-state index is 6.63. The second kappa shape index (κ2) is 6.90. The Hall–Kier alpha value is -1.34. The monoisotopic (exact) mass is 269 g/mol. The van der Waals surface area contributed by atoms with Crippen LogP contribution in [0.1, 0.15) is 56.7 Å². The van der Waals surface area contributed by atoms with Crippen molar-refractivity contribution < 1.29 is 0 Å². The van der Waals surface area contributed by atoms with Crippen molar-refractivity contribution in [2.75, 3.05) is 0 Å². The molecule has 1 atom stereocenters. The first-order chi connectivity index (χ1) is 9.69. The summed E-state index contributed by atoms with van der Waals surface area (Å²) in [4.78, 5) is 0. The zero-order valence-corrected chi connectivity index (χ0v) is 13.0. The highest BCUT2D eigenvalue weighted by Crippen LogP contribution is 2.33. The molecule has 2 aromatic carbocycles. The van der Waals surface area contributed by atoms with Gasteiger partial charge in [0.1, 0.15) is 0 Å². The molecule has 0 fully saturated rings. The molecule has 2 aromatic rings. The number of aryl methyl sites for hydroxylation is 1. The van der Waals surface area contributed by atoms with E-state index in [1.807, 2.05) is 0 Å². The lowest BCUT2D eigenvalue weighted by Gasteiger charge is -2.25. The SMILES string of the molecule is CCCC(CCC)C(N)c1ccc(C)c2ccccc12. The summed E-state index contributed by atoms with van der Waals surface area (Å²) >= 11 is 0. The van der Waals surface area contributed by atoms with Crippen LogP contribution in [-0.2, 0) is 0 Å². The van der Waals surface area contributed by atoms with E-state index >= 15 is 0 Å². The topological polar surface area (TPSA) is 26.0 Å². The molecule has 108 valence electrons. The van der Waals surface area contributed by atoms with E-state index in [4.69, 9.17) is 5.73 Å². The number of fused-ring (bicyclic) bond motifs is 1. The van der Waals surface area contributed by atoms with Gasteiger partial charge in [-0.1, -0.05) is 63.1 Å². The second-order valence-corrected chi connectivity index (χ2v) is 5.88. The predicted molar refractivity (Wildman–Crippen MR) is 88.9 cm³/mol. The van der Waals surface area contributed by atoms with E-state index < -0.39 is 0 Å². The van der Waals surface area contributed by atoms with Crippen molar-refractivity contribution in [2.45, 2.75) is 52.5 Å². The molecular weight excluding hydrogens is 242 g/mol. The number of benzene rings is 2. The molecule has 0 spiro atoms. The van der Waals surface area contributed by atoms with Crippen LogP contribution in [0.3, 0.4) is 0 Å². The van der Waals surface area contributed by atoms with Crippen molar-refractivity contribution in [3.63, 3.8) is 0 Å². The van der Waals surface area contributed by atoms with E-state index in [0.717, 1.165) is 0 Å². The van der Waals surface area contributed by atoms with Gasteiger partial charge in [-0.05, 0) is 47.6 Å². The third kappa shape index (κ3) is 3.04. The van der Waals surface area contributed by atoms with Gasteiger partial charge in [0.2, 0.25) is 0 Å². The summed E-state index contributed by atoms with van der Waals surface area (Å²) in [7, 11) is 0. The number of hydrogen-bond donors (Lipinski definition) is 1. The fourth-order valence-electron chi connectivity index (χ4n) is 3.26. The van der Waals surface area contributed by atoms with Crippen molar-refractivity contribution in [2.24, 2.45) is 11.7 Å². The van der Waals surface area contributed by atoms with E-state index in [1.54, 1.807) is 0 Å². The van der Waals surface area contributed by atoms with Gasteiger partial charge in [-0.25, -0.2) is 0 Å². The Morgan fingerprint density at radius 2 is 1.50 bits per heavy atom. The summed E-state index contributed by atoms with van der Waals surface area (Å²) in [6.07, 6.45) is 4.86. The molecule has 0 saturated heterocycles. The molecule has 0 aliphatic heterocycles. The van der Waals surface area contributed by atoms with Crippen molar-refractivity contribution in [3.05, 3.63) is 47.5 Å². The van der Waals surface area contributed by atoms with Crippen LogP contribution in [0.2, 0.25) is 0 Å². The van der Waals surface area contributed by atoms with Crippen LogP contribution in [0.4, 0.5) is 0 Å². The maximum Gasteiger partial charge on any atom is 0.0329 e. The summed E-state index contributed by atoms with van der Waals surface area (Å²) in [6, 6.07) is 13.3. The molecule has 0 aromatic heterocycles. The van der Waals surface area contributed by atoms with Gasteiger partial charge in [-0.3, -0.25) is 0 Å². The first-order valence-electron chi connectivity index (χ1n) is 7.92. The molecule has 2 rings (SSSR count). The number of rotatable bonds is 6. The third-order valence-electron chi connectivity index (χ3n) is 4.36. The molecule has 0 aliphatic carbocycles. The molecule has 0 bridgehead atoms. The lowest BCUT2D eigenvalue weighted by molar-refractivity contribution is 0.370. The van der Waals surface area contributed by atoms with Crippen LogP contribution < -0.4 is 5.73 Å². The Labute approximate surface area is 123 Å². The van der Waals surface area contributed by atoms with Gasteiger partial charge in [-0.2, -0.15) is 0 Å². The summed E-state index contributed by atoms with van der Waals surface area (Å²) < 4.78 is 0. The molecule has 0 radical (unpaired) electrons. The summed E-state index contributed by atoms with van der Waals surface area (Å²) in [6.45, 7) is 6.68.